The van der Waals surface area contributed by atoms with Crippen LogP contribution in [0.25, 0.3) is 99.6 Å². The van der Waals surface area contributed by atoms with Crippen LogP contribution in [0.2, 0.25) is 0 Å². The van der Waals surface area contributed by atoms with E-state index in [0.717, 1.165) is 61.0 Å². The van der Waals surface area contributed by atoms with Crippen LogP contribution in [0.4, 0.5) is 0 Å². The number of fused-ring (bicyclic) bond motifs is 9. The van der Waals surface area contributed by atoms with Crippen LogP contribution in [-0.4, -0.2) is 9.97 Å². The lowest BCUT2D eigenvalue weighted by atomic mass is 9.81. The van der Waals surface area contributed by atoms with Crippen molar-refractivity contribution in [2.24, 2.45) is 0 Å². The molecule has 3 nitrogen and oxygen atoms in total. The largest absolute Gasteiger partial charge is 0.455 e. The first-order valence-corrected chi connectivity index (χ1v) is 18.6. The molecule has 0 unspecified atom stereocenters. The Bertz CT molecular complexity index is 3130. The van der Waals surface area contributed by atoms with Crippen molar-refractivity contribution in [3.63, 3.8) is 0 Å². The average molecular weight is 691 g/mol. The molecule has 1 aliphatic rings. The molecule has 3 heteroatoms. The maximum atomic E-state index is 6.47. The highest BCUT2D eigenvalue weighted by atomic mass is 16.3. The molecule has 2 heterocycles. The third kappa shape index (κ3) is 4.61. The smallest absolute Gasteiger partial charge is 0.160 e. The van der Waals surface area contributed by atoms with Gasteiger partial charge in [-0.05, 0) is 92.0 Å². The molecule has 0 fully saturated rings. The average Bonchev–Trinajstić information content (AvgIpc) is 3.71. The lowest BCUT2D eigenvalue weighted by molar-refractivity contribution is 0.661. The minimum absolute atomic E-state index is 0.135. The normalized spacial score (nSPS) is 13.1. The van der Waals surface area contributed by atoms with Gasteiger partial charge in [-0.3, -0.25) is 0 Å². The van der Waals surface area contributed by atoms with E-state index >= 15 is 0 Å². The van der Waals surface area contributed by atoms with E-state index in [1.807, 2.05) is 18.2 Å². The Kier molecular flexibility index (Phi) is 6.60. The molecule has 1 aliphatic carbocycles. The Morgan fingerprint density at radius 3 is 1.98 bits per heavy atom. The molecule has 8 aromatic carbocycles. The number of benzene rings is 8. The minimum Gasteiger partial charge on any atom is -0.455 e. The summed E-state index contributed by atoms with van der Waals surface area (Å²) in [5, 5.41) is 6.99. The summed E-state index contributed by atoms with van der Waals surface area (Å²) in [6, 6.07) is 60.6. The maximum absolute atomic E-state index is 6.47. The Balaban J connectivity index is 1.12. The van der Waals surface area contributed by atoms with Crippen LogP contribution in [0.1, 0.15) is 25.0 Å². The third-order valence-electron chi connectivity index (χ3n) is 11.5. The molecule has 0 spiro atoms. The quantitative estimate of drug-likeness (QED) is 0.184. The van der Waals surface area contributed by atoms with Gasteiger partial charge in [-0.1, -0.05) is 141 Å². The summed E-state index contributed by atoms with van der Waals surface area (Å²) < 4.78 is 6.47. The van der Waals surface area contributed by atoms with Crippen molar-refractivity contribution in [2.75, 3.05) is 0 Å². The van der Waals surface area contributed by atoms with E-state index in [2.05, 4.69) is 166 Å². The standard InChI is InChI=1S/C51H34N2O/c1-51(2)43-22-12-21-39(48(43)42-27-33-16-6-7-17-34(33)29-44(42)51)37-19-10-11-20-38(37)46-30-45(52-50(53-46)32-14-4-3-5-15-32)35-24-26-47-41(28-35)40-25-23-31-13-8-9-18-36(31)49(40)54-47/h3-30H,1-2H3. The Hall–Kier alpha value is -6.84. The van der Waals surface area contributed by atoms with E-state index in [-0.39, 0.29) is 5.41 Å². The Morgan fingerprint density at radius 2 is 1.13 bits per heavy atom. The van der Waals surface area contributed by atoms with Gasteiger partial charge in [-0.25, -0.2) is 9.97 Å². The zero-order valence-electron chi connectivity index (χ0n) is 30.0. The minimum atomic E-state index is -0.135. The van der Waals surface area contributed by atoms with E-state index in [9.17, 15) is 0 Å². The number of hydrogen-bond acceptors (Lipinski definition) is 3. The van der Waals surface area contributed by atoms with Crippen molar-refractivity contribution < 1.29 is 4.42 Å². The monoisotopic (exact) mass is 690 g/mol. The molecule has 0 bridgehead atoms. The molecule has 0 aliphatic heterocycles. The fourth-order valence-corrected chi connectivity index (χ4v) is 8.75. The summed E-state index contributed by atoms with van der Waals surface area (Å²) in [5.41, 5.74) is 14.1. The summed E-state index contributed by atoms with van der Waals surface area (Å²) in [7, 11) is 0. The first-order chi connectivity index (χ1) is 26.5. The highest BCUT2D eigenvalue weighted by Crippen LogP contribution is 2.54. The molecule has 0 N–H and O–H groups in total. The van der Waals surface area contributed by atoms with Gasteiger partial charge >= 0.3 is 0 Å². The maximum Gasteiger partial charge on any atom is 0.160 e. The Morgan fingerprint density at radius 1 is 0.426 bits per heavy atom. The summed E-state index contributed by atoms with van der Waals surface area (Å²) in [6.07, 6.45) is 0. The zero-order valence-corrected chi connectivity index (χ0v) is 30.0. The van der Waals surface area contributed by atoms with Crippen LogP contribution >= 0.6 is 0 Å². The molecule has 0 amide bonds. The van der Waals surface area contributed by atoms with Gasteiger partial charge in [0.05, 0.1) is 11.4 Å². The Labute approximate surface area is 313 Å². The molecule has 54 heavy (non-hydrogen) atoms. The molecule has 0 radical (unpaired) electrons. The van der Waals surface area contributed by atoms with Crippen molar-refractivity contribution in [1.29, 1.82) is 0 Å². The van der Waals surface area contributed by atoms with Gasteiger partial charge in [0.2, 0.25) is 0 Å². The van der Waals surface area contributed by atoms with E-state index in [1.165, 1.54) is 44.0 Å². The molecular formula is C51H34N2O. The van der Waals surface area contributed by atoms with Gasteiger partial charge in [0.1, 0.15) is 11.2 Å². The molecule has 0 saturated heterocycles. The van der Waals surface area contributed by atoms with Crippen LogP contribution < -0.4 is 0 Å². The van der Waals surface area contributed by atoms with E-state index in [1.54, 1.807) is 0 Å². The van der Waals surface area contributed by atoms with Gasteiger partial charge in [-0.15, -0.1) is 0 Å². The van der Waals surface area contributed by atoms with Gasteiger partial charge < -0.3 is 4.42 Å². The second-order valence-corrected chi connectivity index (χ2v) is 14.9. The highest BCUT2D eigenvalue weighted by Gasteiger charge is 2.37. The van der Waals surface area contributed by atoms with Gasteiger partial charge in [0.15, 0.2) is 5.82 Å². The molecular weight excluding hydrogens is 657 g/mol. The molecule has 10 aromatic rings. The lowest BCUT2D eigenvalue weighted by Gasteiger charge is -2.22. The van der Waals surface area contributed by atoms with Crippen molar-refractivity contribution >= 4 is 43.5 Å². The molecule has 2 aromatic heterocycles. The van der Waals surface area contributed by atoms with E-state index in [0.29, 0.717) is 5.82 Å². The topological polar surface area (TPSA) is 38.9 Å². The van der Waals surface area contributed by atoms with Crippen molar-refractivity contribution in [1.82, 2.24) is 9.97 Å². The fraction of sp³-hybridized carbons (Fsp3) is 0.0588. The second kappa shape index (κ2) is 11.6. The third-order valence-corrected chi connectivity index (χ3v) is 11.5. The van der Waals surface area contributed by atoms with E-state index in [4.69, 9.17) is 14.4 Å². The highest BCUT2D eigenvalue weighted by molar-refractivity contribution is 6.15. The number of aromatic nitrogens is 2. The van der Waals surface area contributed by atoms with Crippen LogP contribution in [0.15, 0.2) is 174 Å². The van der Waals surface area contributed by atoms with Crippen LogP contribution in [0.5, 0.6) is 0 Å². The first-order valence-electron chi connectivity index (χ1n) is 18.6. The molecule has 11 rings (SSSR count). The van der Waals surface area contributed by atoms with Crippen LogP contribution in [0.3, 0.4) is 0 Å². The first kappa shape index (κ1) is 30.8. The number of hydrogen-bond donors (Lipinski definition) is 0. The lowest BCUT2D eigenvalue weighted by Crippen LogP contribution is -2.14. The molecule has 0 saturated carbocycles. The molecule has 254 valence electrons. The van der Waals surface area contributed by atoms with Gasteiger partial charge in [0, 0.05) is 38.3 Å². The van der Waals surface area contributed by atoms with Crippen LogP contribution in [0, 0.1) is 0 Å². The zero-order chi connectivity index (χ0) is 36.0. The predicted molar refractivity (Wildman–Crippen MR) is 224 cm³/mol. The SMILES string of the molecule is CC1(C)c2cc3ccccc3cc2-c2c(-c3ccccc3-c3cc(-c4ccc5oc6c7ccccc7ccc6c5c4)nc(-c4ccccc4)n3)cccc21. The van der Waals surface area contributed by atoms with Gasteiger partial charge in [0.25, 0.3) is 0 Å². The number of furan rings is 1. The van der Waals surface area contributed by atoms with Crippen LogP contribution in [-0.2, 0) is 5.41 Å². The van der Waals surface area contributed by atoms with Gasteiger partial charge in [-0.2, -0.15) is 0 Å². The summed E-state index contributed by atoms with van der Waals surface area (Å²) in [6.45, 7) is 4.71. The van der Waals surface area contributed by atoms with Crippen molar-refractivity contribution in [3.8, 4) is 56.2 Å². The summed E-state index contributed by atoms with van der Waals surface area (Å²) in [4.78, 5) is 10.5. The summed E-state index contributed by atoms with van der Waals surface area (Å²) in [5.74, 6) is 0.692. The number of nitrogens with zero attached hydrogens (tertiary/aromatic N) is 2. The number of rotatable bonds is 4. The van der Waals surface area contributed by atoms with E-state index < -0.39 is 0 Å². The predicted octanol–water partition coefficient (Wildman–Crippen LogP) is 13.7. The van der Waals surface area contributed by atoms with Crippen molar-refractivity contribution in [3.05, 3.63) is 181 Å². The second-order valence-electron chi connectivity index (χ2n) is 14.9. The summed E-state index contributed by atoms with van der Waals surface area (Å²) >= 11 is 0. The fourth-order valence-electron chi connectivity index (χ4n) is 8.75. The molecule has 0 atom stereocenters. The van der Waals surface area contributed by atoms with Crippen molar-refractivity contribution in [2.45, 2.75) is 19.3 Å².